The number of hydrogen-bond acceptors (Lipinski definition) is 3. The second-order valence-corrected chi connectivity index (χ2v) is 5.00. The maximum absolute atomic E-state index is 5.56. The Kier molecular flexibility index (Phi) is 3.89. The van der Waals surface area contributed by atoms with Crippen molar-refractivity contribution in [1.82, 2.24) is 5.32 Å². The fraction of sp³-hybridized carbons (Fsp3) is 0.714. The van der Waals surface area contributed by atoms with Gasteiger partial charge in [-0.25, -0.2) is 0 Å². The first-order valence-electron chi connectivity index (χ1n) is 6.54. The second-order valence-electron chi connectivity index (χ2n) is 5.00. The van der Waals surface area contributed by atoms with Crippen LogP contribution in [0.15, 0.2) is 10.5 Å². The van der Waals surface area contributed by atoms with Gasteiger partial charge in [0.2, 0.25) is 0 Å². The molecule has 96 valence electrons. The molecule has 1 aromatic heterocycles. The van der Waals surface area contributed by atoms with E-state index >= 15 is 0 Å². The molecule has 0 aromatic carbocycles. The summed E-state index contributed by atoms with van der Waals surface area (Å²) < 4.78 is 11.1. The van der Waals surface area contributed by atoms with E-state index < -0.39 is 0 Å². The van der Waals surface area contributed by atoms with Crippen LogP contribution in [-0.2, 0) is 4.74 Å². The highest BCUT2D eigenvalue weighted by molar-refractivity contribution is 5.23. The van der Waals surface area contributed by atoms with Gasteiger partial charge < -0.3 is 14.5 Å². The summed E-state index contributed by atoms with van der Waals surface area (Å²) in [5.74, 6) is 2.02. The van der Waals surface area contributed by atoms with Gasteiger partial charge in [0.15, 0.2) is 0 Å². The van der Waals surface area contributed by atoms with Crippen molar-refractivity contribution < 1.29 is 9.15 Å². The van der Waals surface area contributed by atoms with Gasteiger partial charge in [-0.15, -0.1) is 0 Å². The first-order valence-corrected chi connectivity index (χ1v) is 6.54. The lowest BCUT2D eigenvalue weighted by atomic mass is 9.88. The SMILES string of the molecule is CCOC1CC(NC(C)c2cc(C)oc2C)C1. The van der Waals surface area contributed by atoms with Crippen molar-refractivity contribution in [2.45, 2.75) is 58.7 Å². The van der Waals surface area contributed by atoms with Gasteiger partial charge in [0.1, 0.15) is 11.5 Å². The molecule has 1 heterocycles. The smallest absolute Gasteiger partial charge is 0.105 e. The Bertz CT molecular complexity index is 366. The maximum Gasteiger partial charge on any atom is 0.105 e. The molecule has 0 amide bonds. The number of furan rings is 1. The van der Waals surface area contributed by atoms with Crippen molar-refractivity contribution >= 4 is 0 Å². The van der Waals surface area contributed by atoms with Gasteiger partial charge in [-0.2, -0.15) is 0 Å². The quantitative estimate of drug-likeness (QED) is 0.854. The monoisotopic (exact) mass is 237 g/mol. The molecule has 0 bridgehead atoms. The van der Waals surface area contributed by atoms with Crippen LogP contribution in [0.2, 0.25) is 0 Å². The lowest BCUT2D eigenvalue weighted by Crippen LogP contribution is -2.46. The molecule has 0 radical (unpaired) electrons. The number of nitrogens with one attached hydrogen (secondary N) is 1. The first-order chi connectivity index (χ1) is 8.10. The third kappa shape index (κ3) is 2.90. The van der Waals surface area contributed by atoms with Crippen molar-refractivity contribution in [3.05, 3.63) is 23.2 Å². The Morgan fingerprint density at radius 1 is 1.47 bits per heavy atom. The summed E-state index contributed by atoms with van der Waals surface area (Å²) in [6, 6.07) is 3.09. The van der Waals surface area contributed by atoms with Crippen LogP contribution < -0.4 is 5.32 Å². The predicted octanol–water partition coefficient (Wildman–Crippen LogP) is 3.11. The van der Waals surface area contributed by atoms with Gasteiger partial charge in [0.25, 0.3) is 0 Å². The Hall–Kier alpha value is -0.800. The lowest BCUT2D eigenvalue weighted by Gasteiger charge is -2.37. The zero-order valence-electron chi connectivity index (χ0n) is 11.2. The average molecular weight is 237 g/mol. The summed E-state index contributed by atoms with van der Waals surface area (Å²) in [4.78, 5) is 0. The molecule has 2 rings (SSSR count). The van der Waals surface area contributed by atoms with E-state index in [1.165, 1.54) is 5.56 Å². The van der Waals surface area contributed by atoms with E-state index in [1.807, 2.05) is 13.8 Å². The number of ether oxygens (including phenoxy) is 1. The summed E-state index contributed by atoms with van der Waals surface area (Å²) in [6.07, 6.45) is 2.74. The van der Waals surface area contributed by atoms with Crippen molar-refractivity contribution in [1.29, 1.82) is 0 Å². The van der Waals surface area contributed by atoms with E-state index in [4.69, 9.17) is 9.15 Å². The van der Waals surface area contributed by atoms with Gasteiger partial charge in [-0.05, 0) is 46.6 Å². The number of hydrogen-bond donors (Lipinski definition) is 1. The summed E-state index contributed by atoms with van der Waals surface area (Å²) in [5, 5.41) is 3.64. The minimum absolute atomic E-state index is 0.361. The molecule has 1 aliphatic rings. The zero-order chi connectivity index (χ0) is 12.4. The molecule has 1 aromatic rings. The molecule has 0 aliphatic heterocycles. The maximum atomic E-state index is 5.56. The Labute approximate surface area is 104 Å². The van der Waals surface area contributed by atoms with Gasteiger partial charge in [0.05, 0.1) is 6.10 Å². The van der Waals surface area contributed by atoms with E-state index in [-0.39, 0.29) is 0 Å². The van der Waals surface area contributed by atoms with Crippen LogP contribution in [0.3, 0.4) is 0 Å². The highest BCUT2D eigenvalue weighted by Crippen LogP contribution is 2.28. The molecule has 17 heavy (non-hydrogen) atoms. The second kappa shape index (κ2) is 5.23. The molecule has 1 fully saturated rings. The largest absolute Gasteiger partial charge is 0.466 e. The summed E-state index contributed by atoms with van der Waals surface area (Å²) in [7, 11) is 0. The van der Waals surface area contributed by atoms with Crippen molar-refractivity contribution in [3.63, 3.8) is 0 Å². The van der Waals surface area contributed by atoms with Crippen molar-refractivity contribution in [2.75, 3.05) is 6.61 Å². The number of aryl methyl sites for hydroxylation is 2. The highest BCUT2D eigenvalue weighted by Gasteiger charge is 2.30. The molecule has 1 saturated carbocycles. The molecule has 1 N–H and O–H groups in total. The van der Waals surface area contributed by atoms with Crippen molar-refractivity contribution in [2.24, 2.45) is 0 Å². The van der Waals surface area contributed by atoms with Crippen LogP contribution in [0.25, 0.3) is 0 Å². The third-order valence-corrected chi connectivity index (χ3v) is 3.53. The molecule has 0 saturated heterocycles. The van der Waals surface area contributed by atoms with Gasteiger partial charge in [0, 0.05) is 24.3 Å². The van der Waals surface area contributed by atoms with E-state index in [9.17, 15) is 0 Å². The van der Waals surface area contributed by atoms with Crippen LogP contribution in [0.4, 0.5) is 0 Å². The minimum atomic E-state index is 0.361. The Balaban J connectivity index is 1.82. The van der Waals surface area contributed by atoms with Gasteiger partial charge in [-0.3, -0.25) is 0 Å². The van der Waals surface area contributed by atoms with Gasteiger partial charge >= 0.3 is 0 Å². The van der Waals surface area contributed by atoms with Crippen LogP contribution in [-0.4, -0.2) is 18.8 Å². The molecular weight excluding hydrogens is 214 g/mol. The van der Waals surface area contributed by atoms with E-state index in [0.717, 1.165) is 31.0 Å². The predicted molar refractivity (Wildman–Crippen MR) is 68.2 cm³/mol. The summed E-state index contributed by atoms with van der Waals surface area (Å²) in [5.41, 5.74) is 1.28. The standard InChI is InChI=1S/C14H23NO2/c1-5-16-13-7-12(8-13)15-10(3)14-6-9(2)17-11(14)4/h6,10,12-13,15H,5,7-8H2,1-4H3. The molecule has 0 spiro atoms. The van der Waals surface area contributed by atoms with E-state index in [2.05, 4.69) is 25.2 Å². The fourth-order valence-electron chi connectivity index (χ4n) is 2.60. The lowest BCUT2D eigenvalue weighted by molar-refractivity contribution is -0.0120. The fourth-order valence-corrected chi connectivity index (χ4v) is 2.60. The number of rotatable bonds is 5. The molecule has 3 heteroatoms. The average Bonchev–Trinajstić information content (AvgIpc) is 2.54. The Morgan fingerprint density at radius 2 is 2.18 bits per heavy atom. The third-order valence-electron chi connectivity index (χ3n) is 3.53. The molecule has 1 unspecified atom stereocenters. The topological polar surface area (TPSA) is 34.4 Å². The molecule has 3 nitrogen and oxygen atoms in total. The summed E-state index contributed by atoms with van der Waals surface area (Å²) >= 11 is 0. The van der Waals surface area contributed by atoms with Crippen molar-refractivity contribution in [3.8, 4) is 0 Å². The molecular formula is C14H23NO2. The van der Waals surface area contributed by atoms with Crippen LogP contribution in [0.5, 0.6) is 0 Å². The summed E-state index contributed by atoms with van der Waals surface area (Å²) in [6.45, 7) is 9.11. The van der Waals surface area contributed by atoms with E-state index in [0.29, 0.717) is 18.2 Å². The van der Waals surface area contributed by atoms with Gasteiger partial charge in [-0.1, -0.05) is 0 Å². The highest BCUT2D eigenvalue weighted by atomic mass is 16.5. The van der Waals surface area contributed by atoms with E-state index in [1.54, 1.807) is 0 Å². The molecule has 1 atom stereocenters. The van der Waals surface area contributed by atoms with Crippen LogP contribution in [0, 0.1) is 13.8 Å². The first kappa shape index (κ1) is 12.7. The molecule has 1 aliphatic carbocycles. The Morgan fingerprint density at radius 3 is 2.71 bits per heavy atom. The van der Waals surface area contributed by atoms with Crippen LogP contribution in [0.1, 0.15) is 49.8 Å². The zero-order valence-corrected chi connectivity index (χ0v) is 11.2. The van der Waals surface area contributed by atoms with Crippen LogP contribution >= 0.6 is 0 Å². The normalized spacial score (nSPS) is 25.6. The minimum Gasteiger partial charge on any atom is -0.466 e.